The van der Waals surface area contributed by atoms with Crippen LogP contribution in [-0.4, -0.2) is 61.2 Å². The number of hydrogen-bond acceptors (Lipinski definition) is 5. The molecule has 1 saturated heterocycles. The Kier molecular flexibility index (Phi) is 9.15. The molecule has 0 saturated carbocycles. The van der Waals surface area contributed by atoms with E-state index in [0.717, 1.165) is 18.4 Å². The summed E-state index contributed by atoms with van der Waals surface area (Å²) in [7, 11) is 0. The van der Waals surface area contributed by atoms with Gasteiger partial charge in [0.25, 0.3) is 5.91 Å². The Bertz CT molecular complexity index is 735. The predicted molar refractivity (Wildman–Crippen MR) is 118 cm³/mol. The van der Waals surface area contributed by atoms with E-state index in [4.69, 9.17) is 9.47 Å². The van der Waals surface area contributed by atoms with E-state index in [-0.39, 0.29) is 31.4 Å². The summed E-state index contributed by atoms with van der Waals surface area (Å²) in [6, 6.07) is 7.63. The van der Waals surface area contributed by atoms with Crippen LogP contribution in [-0.2, 0) is 14.3 Å². The number of rotatable bonds is 8. The summed E-state index contributed by atoms with van der Waals surface area (Å²) in [5, 5.41) is 5.49. The maximum Gasteiger partial charge on any atom is 0.407 e. The molecule has 1 aliphatic heterocycles. The number of benzene rings is 1. The highest BCUT2D eigenvalue weighted by molar-refractivity contribution is 5.78. The van der Waals surface area contributed by atoms with Crippen molar-refractivity contribution in [2.45, 2.75) is 52.6 Å². The van der Waals surface area contributed by atoms with Crippen LogP contribution >= 0.6 is 0 Å². The van der Waals surface area contributed by atoms with E-state index in [1.807, 2.05) is 36.1 Å². The number of likely N-dealkylation sites (tertiary alicyclic amines) is 1. The highest BCUT2D eigenvalue weighted by Gasteiger charge is 2.23. The Hall–Kier alpha value is -2.77. The minimum Gasteiger partial charge on any atom is -0.484 e. The summed E-state index contributed by atoms with van der Waals surface area (Å²) in [5.41, 5.74) is 0.585. The smallest absolute Gasteiger partial charge is 0.407 e. The zero-order valence-electron chi connectivity index (χ0n) is 19.0. The third kappa shape index (κ3) is 9.72. The molecule has 1 heterocycles. The number of alkyl carbamates (subject to hydrolysis) is 1. The Morgan fingerprint density at radius 1 is 1.06 bits per heavy atom. The molecule has 1 aliphatic rings. The van der Waals surface area contributed by atoms with Crippen LogP contribution in [0.2, 0.25) is 0 Å². The van der Waals surface area contributed by atoms with Crippen molar-refractivity contribution in [1.29, 1.82) is 0 Å². The van der Waals surface area contributed by atoms with Crippen LogP contribution in [0.1, 0.15) is 45.6 Å². The monoisotopic (exact) mass is 433 g/mol. The van der Waals surface area contributed by atoms with Crippen molar-refractivity contribution >= 4 is 17.9 Å². The maximum atomic E-state index is 12.4. The van der Waals surface area contributed by atoms with Gasteiger partial charge in [0, 0.05) is 32.6 Å². The van der Waals surface area contributed by atoms with Gasteiger partial charge in [-0.15, -0.1) is 0 Å². The van der Waals surface area contributed by atoms with Gasteiger partial charge in [-0.1, -0.05) is 17.7 Å². The average Bonchev–Trinajstić information content (AvgIpc) is 2.70. The molecule has 1 aromatic rings. The van der Waals surface area contributed by atoms with Crippen LogP contribution in [0, 0.1) is 12.8 Å². The number of ether oxygens (including phenoxy) is 2. The topological polar surface area (TPSA) is 97.0 Å². The first kappa shape index (κ1) is 24.5. The molecule has 1 fully saturated rings. The third-order valence-corrected chi connectivity index (χ3v) is 4.96. The van der Waals surface area contributed by atoms with E-state index in [1.165, 1.54) is 0 Å². The summed E-state index contributed by atoms with van der Waals surface area (Å²) in [5.74, 6) is 0.903. The fourth-order valence-electron chi connectivity index (χ4n) is 3.20. The van der Waals surface area contributed by atoms with Gasteiger partial charge in [-0.3, -0.25) is 9.59 Å². The van der Waals surface area contributed by atoms with Crippen molar-refractivity contribution in [3.63, 3.8) is 0 Å². The summed E-state index contributed by atoms with van der Waals surface area (Å²) in [6.45, 7) is 9.53. The lowest BCUT2D eigenvalue weighted by molar-refractivity contribution is -0.135. The quantitative estimate of drug-likeness (QED) is 0.657. The number of aryl methyl sites for hydroxylation is 1. The first-order valence-electron chi connectivity index (χ1n) is 10.8. The molecular formula is C23H35N3O5. The predicted octanol–water partition coefficient (Wildman–Crippen LogP) is 2.64. The summed E-state index contributed by atoms with van der Waals surface area (Å²) in [4.78, 5) is 37.7. The second-order valence-corrected chi connectivity index (χ2v) is 8.91. The molecule has 0 aromatic heterocycles. The summed E-state index contributed by atoms with van der Waals surface area (Å²) < 4.78 is 10.7. The molecule has 0 atom stereocenters. The Morgan fingerprint density at radius 2 is 1.71 bits per heavy atom. The van der Waals surface area contributed by atoms with Gasteiger partial charge in [0.15, 0.2) is 6.61 Å². The summed E-state index contributed by atoms with van der Waals surface area (Å²) in [6.07, 6.45) is 1.36. The largest absolute Gasteiger partial charge is 0.484 e. The summed E-state index contributed by atoms with van der Waals surface area (Å²) >= 11 is 0. The molecule has 0 unspecified atom stereocenters. The van der Waals surface area contributed by atoms with Gasteiger partial charge in [-0.05, 0) is 58.6 Å². The van der Waals surface area contributed by atoms with Crippen LogP contribution in [0.4, 0.5) is 4.79 Å². The van der Waals surface area contributed by atoms with Gasteiger partial charge in [0.05, 0.1) is 0 Å². The van der Waals surface area contributed by atoms with Crippen molar-refractivity contribution in [2.75, 3.05) is 32.8 Å². The first-order valence-corrected chi connectivity index (χ1v) is 10.8. The molecule has 0 radical (unpaired) electrons. The van der Waals surface area contributed by atoms with Gasteiger partial charge in [-0.25, -0.2) is 4.79 Å². The SMILES string of the molecule is Cc1ccc(OCC(=O)N2CCC(CNC(=O)CCNC(=O)OC(C)(C)C)CC2)cc1. The maximum absolute atomic E-state index is 12.4. The Balaban J connectivity index is 1.57. The molecule has 31 heavy (non-hydrogen) atoms. The van der Waals surface area contributed by atoms with E-state index in [2.05, 4.69) is 10.6 Å². The molecule has 172 valence electrons. The van der Waals surface area contributed by atoms with Crippen LogP contribution < -0.4 is 15.4 Å². The van der Waals surface area contributed by atoms with E-state index < -0.39 is 11.7 Å². The molecule has 0 bridgehead atoms. The van der Waals surface area contributed by atoms with Crippen LogP contribution in [0.15, 0.2) is 24.3 Å². The van der Waals surface area contributed by atoms with Gasteiger partial charge in [-0.2, -0.15) is 0 Å². The Labute approximate surface area is 184 Å². The molecule has 8 heteroatoms. The van der Waals surface area contributed by atoms with Crippen LogP contribution in [0.25, 0.3) is 0 Å². The molecule has 0 spiro atoms. The highest BCUT2D eigenvalue weighted by atomic mass is 16.6. The molecule has 2 rings (SSSR count). The lowest BCUT2D eigenvalue weighted by atomic mass is 9.96. The van der Waals surface area contributed by atoms with Crippen molar-refractivity contribution < 1.29 is 23.9 Å². The zero-order chi connectivity index (χ0) is 22.9. The van der Waals surface area contributed by atoms with E-state index in [9.17, 15) is 14.4 Å². The second-order valence-electron chi connectivity index (χ2n) is 8.91. The molecule has 2 N–H and O–H groups in total. The Morgan fingerprint density at radius 3 is 2.32 bits per heavy atom. The lowest BCUT2D eigenvalue weighted by Gasteiger charge is -2.32. The fourth-order valence-corrected chi connectivity index (χ4v) is 3.20. The van der Waals surface area contributed by atoms with Crippen LogP contribution in [0.5, 0.6) is 5.75 Å². The fraction of sp³-hybridized carbons (Fsp3) is 0.609. The van der Waals surface area contributed by atoms with Crippen molar-refractivity contribution in [3.8, 4) is 5.75 Å². The standard InChI is InChI=1S/C23H35N3O5/c1-17-5-7-19(8-6-17)30-16-21(28)26-13-10-18(11-14-26)15-25-20(27)9-12-24-22(29)31-23(2,3)4/h5-8,18H,9-16H2,1-4H3,(H,24,29)(H,25,27). The number of nitrogens with one attached hydrogen (secondary N) is 2. The van der Waals surface area contributed by atoms with Gasteiger partial charge < -0.3 is 25.0 Å². The average molecular weight is 434 g/mol. The van der Waals surface area contributed by atoms with E-state index >= 15 is 0 Å². The van der Waals surface area contributed by atoms with Crippen molar-refractivity contribution in [3.05, 3.63) is 29.8 Å². The van der Waals surface area contributed by atoms with Gasteiger partial charge in [0.2, 0.25) is 5.91 Å². The van der Waals surface area contributed by atoms with E-state index in [0.29, 0.717) is 31.3 Å². The number of carbonyl (C=O) groups excluding carboxylic acids is 3. The molecule has 0 aliphatic carbocycles. The normalized spacial score (nSPS) is 14.6. The van der Waals surface area contributed by atoms with Gasteiger partial charge in [0.1, 0.15) is 11.4 Å². The van der Waals surface area contributed by atoms with Crippen molar-refractivity contribution in [1.82, 2.24) is 15.5 Å². The molecule has 1 aromatic carbocycles. The van der Waals surface area contributed by atoms with Gasteiger partial charge >= 0.3 is 6.09 Å². The molecule has 8 nitrogen and oxygen atoms in total. The number of piperidine rings is 1. The number of nitrogens with zero attached hydrogens (tertiary/aromatic N) is 1. The lowest BCUT2D eigenvalue weighted by Crippen LogP contribution is -2.43. The minimum atomic E-state index is -0.560. The number of carbonyl (C=O) groups is 3. The van der Waals surface area contributed by atoms with Crippen molar-refractivity contribution in [2.24, 2.45) is 5.92 Å². The molecular weight excluding hydrogens is 398 g/mol. The number of amides is 3. The first-order chi connectivity index (χ1) is 14.6. The van der Waals surface area contributed by atoms with E-state index in [1.54, 1.807) is 20.8 Å². The highest BCUT2D eigenvalue weighted by Crippen LogP contribution is 2.17. The minimum absolute atomic E-state index is 0.0173. The number of hydrogen-bond donors (Lipinski definition) is 2. The third-order valence-electron chi connectivity index (χ3n) is 4.96. The molecule has 3 amide bonds. The van der Waals surface area contributed by atoms with Crippen LogP contribution in [0.3, 0.4) is 0 Å². The zero-order valence-corrected chi connectivity index (χ0v) is 19.0. The second kappa shape index (κ2) is 11.6.